The van der Waals surface area contributed by atoms with Gasteiger partial charge in [0, 0.05) is 32.7 Å². The van der Waals surface area contributed by atoms with Crippen molar-refractivity contribution in [1.29, 1.82) is 0 Å². The lowest BCUT2D eigenvalue weighted by molar-refractivity contribution is 0.0752. The Labute approximate surface area is 166 Å². The van der Waals surface area contributed by atoms with E-state index >= 15 is 0 Å². The van der Waals surface area contributed by atoms with E-state index < -0.39 is 10.0 Å². The zero-order chi connectivity index (χ0) is 20.9. The minimum Gasteiger partial charge on any atom is -0.493 e. The van der Waals surface area contributed by atoms with Gasteiger partial charge in [-0.2, -0.15) is 0 Å². The Morgan fingerprint density at radius 1 is 0.964 bits per heavy atom. The molecule has 0 spiro atoms. The summed E-state index contributed by atoms with van der Waals surface area (Å²) in [5.41, 5.74) is 1.33. The Kier molecular flexibility index (Phi) is 7.04. The SMILES string of the molecule is CCN(Cc1ccc(OC)c(OC)c1)C(=O)c1ccc(S(=O)(=O)N(C)C)cc1. The highest BCUT2D eigenvalue weighted by atomic mass is 32.2. The average Bonchev–Trinajstić information content (AvgIpc) is 2.71. The fraction of sp³-hybridized carbons (Fsp3) is 0.350. The maximum atomic E-state index is 12.9. The van der Waals surface area contributed by atoms with E-state index in [4.69, 9.17) is 9.47 Å². The van der Waals surface area contributed by atoms with Gasteiger partial charge >= 0.3 is 0 Å². The molecule has 0 N–H and O–H groups in total. The topological polar surface area (TPSA) is 76.1 Å². The fourth-order valence-electron chi connectivity index (χ4n) is 2.69. The summed E-state index contributed by atoms with van der Waals surface area (Å²) in [7, 11) is 2.54. The number of hydrogen-bond donors (Lipinski definition) is 0. The highest BCUT2D eigenvalue weighted by Crippen LogP contribution is 2.28. The van der Waals surface area contributed by atoms with Gasteiger partial charge in [0.2, 0.25) is 10.0 Å². The van der Waals surface area contributed by atoms with E-state index in [0.29, 0.717) is 30.2 Å². The first-order valence-electron chi connectivity index (χ1n) is 8.77. The third kappa shape index (κ3) is 4.63. The molecule has 0 radical (unpaired) electrons. The smallest absolute Gasteiger partial charge is 0.254 e. The van der Waals surface area contributed by atoms with Gasteiger partial charge in [-0.3, -0.25) is 4.79 Å². The predicted molar refractivity (Wildman–Crippen MR) is 107 cm³/mol. The molecule has 2 aromatic rings. The van der Waals surface area contributed by atoms with Crippen LogP contribution in [0, 0.1) is 0 Å². The molecule has 0 aliphatic heterocycles. The molecular weight excluding hydrogens is 380 g/mol. The molecule has 0 aromatic heterocycles. The normalized spacial score (nSPS) is 11.4. The van der Waals surface area contributed by atoms with Gasteiger partial charge in [0.05, 0.1) is 19.1 Å². The van der Waals surface area contributed by atoms with E-state index in [1.54, 1.807) is 25.2 Å². The van der Waals surface area contributed by atoms with Crippen LogP contribution in [-0.2, 0) is 16.6 Å². The molecule has 2 rings (SSSR count). The summed E-state index contributed by atoms with van der Waals surface area (Å²) in [6.45, 7) is 2.79. The van der Waals surface area contributed by atoms with Gasteiger partial charge in [-0.25, -0.2) is 12.7 Å². The van der Waals surface area contributed by atoms with Crippen LogP contribution in [0.3, 0.4) is 0 Å². The Hall–Kier alpha value is -2.58. The Morgan fingerprint density at radius 3 is 2.07 bits per heavy atom. The number of nitrogens with zero attached hydrogens (tertiary/aromatic N) is 2. The molecular formula is C20H26N2O5S. The van der Waals surface area contributed by atoms with E-state index in [0.717, 1.165) is 9.87 Å². The first-order chi connectivity index (χ1) is 13.2. The van der Waals surface area contributed by atoms with Gasteiger partial charge in [-0.1, -0.05) is 6.07 Å². The van der Waals surface area contributed by atoms with Crippen LogP contribution in [0.1, 0.15) is 22.8 Å². The van der Waals surface area contributed by atoms with E-state index in [9.17, 15) is 13.2 Å². The quantitative estimate of drug-likeness (QED) is 0.674. The van der Waals surface area contributed by atoms with Gasteiger partial charge < -0.3 is 14.4 Å². The second-order valence-corrected chi connectivity index (χ2v) is 8.47. The number of sulfonamides is 1. The molecule has 0 bridgehead atoms. The summed E-state index contributed by atoms with van der Waals surface area (Å²) in [6, 6.07) is 11.5. The second-order valence-electron chi connectivity index (χ2n) is 6.32. The van der Waals surface area contributed by atoms with E-state index in [2.05, 4.69) is 0 Å². The summed E-state index contributed by atoms with van der Waals surface area (Å²) in [5.74, 6) is 1.05. The predicted octanol–water partition coefficient (Wildman–Crippen LogP) is 2.62. The first kappa shape index (κ1) is 21.7. The fourth-order valence-corrected chi connectivity index (χ4v) is 3.59. The number of carbonyl (C=O) groups is 1. The van der Waals surface area contributed by atoms with Crippen molar-refractivity contribution < 1.29 is 22.7 Å². The number of hydrogen-bond acceptors (Lipinski definition) is 5. The highest BCUT2D eigenvalue weighted by molar-refractivity contribution is 7.89. The van der Waals surface area contributed by atoms with Crippen LogP contribution in [0.2, 0.25) is 0 Å². The largest absolute Gasteiger partial charge is 0.493 e. The van der Waals surface area contributed by atoms with Gasteiger partial charge in [-0.05, 0) is 48.9 Å². The van der Waals surface area contributed by atoms with Crippen LogP contribution in [0.4, 0.5) is 0 Å². The van der Waals surface area contributed by atoms with Crippen molar-refractivity contribution in [3.63, 3.8) is 0 Å². The van der Waals surface area contributed by atoms with Crippen LogP contribution < -0.4 is 9.47 Å². The molecule has 0 fully saturated rings. The first-order valence-corrected chi connectivity index (χ1v) is 10.2. The number of carbonyl (C=O) groups excluding carboxylic acids is 1. The van der Waals surface area contributed by atoms with E-state index in [-0.39, 0.29) is 10.8 Å². The number of methoxy groups -OCH3 is 2. The minimum atomic E-state index is -3.53. The van der Waals surface area contributed by atoms with Crippen molar-refractivity contribution in [2.24, 2.45) is 0 Å². The summed E-state index contributed by atoms with van der Waals surface area (Å²) < 4.78 is 36.0. The Bertz CT molecular complexity index is 924. The minimum absolute atomic E-state index is 0.150. The van der Waals surface area contributed by atoms with Crippen molar-refractivity contribution >= 4 is 15.9 Å². The lowest BCUT2D eigenvalue weighted by Crippen LogP contribution is -2.30. The highest BCUT2D eigenvalue weighted by Gasteiger charge is 2.19. The van der Waals surface area contributed by atoms with Crippen LogP contribution >= 0.6 is 0 Å². The van der Waals surface area contributed by atoms with Crippen LogP contribution in [0.15, 0.2) is 47.4 Å². The summed E-state index contributed by atoms with van der Waals surface area (Å²) in [6.07, 6.45) is 0. The molecule has 0 unspecified atom stereocenters. The number of benzene rings is 2. The van der Waals surface area contributed by atoms with Gasteiger partial charge in [0.25, 0.3) is 5.91 Å². The van der Waals surface area contributed by atoms with Gasteiger partial charge in [-0.15, -0.1) is 0 Å². The monoisotopic (exact) mass is 406 g/mol. The molecule has 0 saturated heterocycles. The van der Waals surface area contributed by atoms with Crippen molar-refractivity contribution in [3.8, 4) is 11.5 Å². The summed E-state index contributed by atoms with van der Waals surface area (Å²) in [4.78, 5) is 14.7. The number of rotatable bonds is 8. The van der Waals surface area contributed by atoms with E-state index in [1.165, 1.54) is 38.4 Å². The molecule has 7 nitrogen and oxygen atoms in total. The molecule has 152 valence electrons. The standard InChI is InChI=1S/C20H26N2O5S/c1-6-22(14-15-7-12-18(26-4)19(13-15)27-5)20(23)16-8-10-17(11-9-16)28(24,25)21(2)3/h7-13H,6,14H2,1-5H3. The van der Waals surface area contributed by atoms with Crippen molar-refractivity contribution in [2.45, 2.75) is 18.4 Å². The van der Waals surface area contributed by atoms with Crippen molar-refractivity contribution in [3.05, 3.63) is 53.6 Å². The second kappa shape index (κ2) is 9.07. The number of ether oxygens (including phenoxy) is 2. The van der Waals surface area contributed by atoms with Crippen LogP contribution in [-0.4, -0.2) is 58.4 Å². The van der Waals surface area contributed by atoms with Gasteiger partial charge in [0.1, 0.15) is 0 Å². The van der Waals surface area contributed by atoms with Crippen molar-refractivity contribution in [1.82, 2.24) is 9.21 Å². The molecule has 0 heterocycles. The molecule has 8 heteroatoms. The van der Waals surface area contributed by atoms with E-state index in [1.807, 2.05) is 19.1 Å². The maximum Gasteiger partial charge on any atom is 0.254 e. The van der Waals surface area contributed by atoms with Crippen LogP contribution in [0.25, 0.3) is 0 Å². The molecule has 2 aromatic carbocycles. The summed E-state index contributed by atoms with van der Waals surface area (Å²) in [5, 5.41) is 0. The summed E-state index contributed by atoms with van der Waals surface area (Å²) >= 11 is 0. The lowest BCUT2D eigenvalue weighted by atomic mass is 10.1. The number of amides is 1. The molecule has 0 saturated carbocycles. The molecule has 1 amide bonds. The zero-order valence-corrected chi connectivity index (χ0v) is 17.6. The Balaban J connectivity index is 2.22. The molecule has 0 atom stereocenters. The Morgan fingerprint density at radius 2 is 1.57 bits per heavy atom. The molecule has 28 heavy (non-hydrogen) atoms. The molecule has 0 aliphatic rings. The van der Waals surface area contributed by atoms with Gasteiger partial charge in [0.15, 0.2) is 11.5 Å². The van der Waals surface area contributed by atoms with Crippen molar-refractivity contribution in [2.75, 3.05) is 34.9 Å². The third-order valence-electron chi connectivity index (χ3n) is 4.37. The zero-order valence-electron chi connectivity index (χ0n) is 16.8. The van der Waals surface area contributed by atoms with Crippen LogP contribution in [0.5, 0.6) is 11.5 Å². The third-order valence-corrected chi connectivity index (χ3v) is 6.20. The average molecular weight is 407 g/mol. The maximum absolute atomic E-state index is 12.9. The lowest BCUT2D eigenvalue weighted by Gasteiger charge is -2.22. The molecule has 0 aliphatic carbocycles.